The van der Waals surface area contributed by atoms with E-state index in [1.807, 2.05) is 211 Å². The predicted molar refractivity (Wildman–Crippen MR) is 480 cm³/mol. The van der Waals surface area contributed by atoms with Gasteiger partial charge in [-0.3, -0.25) is 24.8 Å². The van der Waals surface area contributed by atoms with Crippen LogP contribution in [0.4, 0.5) is 34.1 Å². The molecule has 4 radical (unpaired) electrons. The standard InChI is InChI=1S/C23H17N3.C22H19N4.C22H15N4.C14H12N3.C11H11N2.C10H9N2.4Ir.Os/c1-3-10-22-18(6-1)12-14-25(22)16-20-8-5-9-21(24-20)17-26-15-13-19-7-2-4-11-23(19)26;1-23-15-25(21-12-5-3-10-19(21)23)17-8-7-9-18(14-17)26-16-24(2)20-11-4-6-13-22(20)26;1-3-10-21-19(8-1)13-23-25(21)15-17-6-5-7-18(12-17)16-26-22-11-4-2-9-20(22)14-24-26;1-17-9-13(16-10-17)14-12(7-8-15-14)11-5-3-2-4-6-11;1-9-12-11(8-13(9)2)10-6-4-3-5-7-10;1-12-8-7-10(11-12)9-5-3-2-4-6-9;;;;;/h1-11,14-15H,16-17H2;3-13,15-16H,1-2H3;1-11H,15-16H2;2-10H,1H3;3-6,8H,1-2H3;2-5,7-8H,1H3;;;;;/q-2;2*-3;3*-1;;;;;. The summed E-state index contributed by atoms with van der Waals surface area (Å²) >= 11 is 0. The summed E-state index contributed by atoms with van der Waals surface area (Å²) in [6.45, 7) is 9.04. The number of aryl methyl sites for hydroxylation is 4. The zero-order valence-corrected chi connectivity index (χ0v) is 81.1. The molecule has 18 nitrogen and oxygen atoms in total. The third-order valence-electron chi connectivity index (χ3n) is 20.6. The molecule has 2 aliphatic rings. The Kier molecular flexibility index (Phi) is 32.1. The molecular weight excluding hydrogens is 2440 g/mol. The molecule has 0 N–H and O–H groups in total. The van der Waals surface area contributed by atoms with Crippen LogP contribution < -0.4 is 24.6 Å². The molecule has 9 aromatic heterocycles. The number of benzene rings is 11. The molecule has 23 heteroatoms. The molecular formula is C102H83Ir4N18Os-11. The van der Waals surface area contributed by atoms with Gasteiger partial charge >= 0.3 is 0 Å². The van der Waals surface area contributed by atoms with Crippen molar-refractivity contribution < 1.29 is 100 Å². The summed E-state index contributed by atoms with van der Waals surface area (Å²) in [6.07, 6.45) is 19.7. The summed E-state index contributed by atoms with van der Waals surface area (Å²) in [4.78, 5) is 26.7. The van der Waals surface area contributed by atoms with Crippen LogP contribution in [0.25, 0.3) is 88.6 Å². The Morgan fingerprint density at radius 1 is 0.400 bits per heavy atom. The van der Waals surface area contributed by atoms with Gasteiger partial charge in [-0.2, -0.15) is 97.0 Å². The molecule has 0 bridgehead atoms. The maximum absolute atomic E-state index is 4.87. The van der Waals surface area contributed by atoms with Crippen molar-refractivity contribution in [2.24, 2.45) is 21.1 Å². The molecule has 0 atom stereocenters. The molecule has 0 aliphatic carbocycles. The van der Waals surface area contributed by atoms with Gasteiger partial charge in [-0.1, -0.05) is 145 Å². The van der Waals surface area contributed by atoms with Crippen molar-refractivity contribution in [2.75, 3.05) is 33.7 Å². The molecule has 0 fully saturated rings. The molecule has 0 spiro atoms. The smallest absolute Gasteiger partial charge is 0.0950 e. The third kappa shape index (κ3) is 22.0. The number of nitrogens with zero attached hydrogens (tertiary/aromatic N) is 18. The number of aromatic nitrogens is 14. The van der Waals surface area contributed by atoms with Gasteiger partial charge in [-0.25, -0.2) is 10.1 Å². The van der Waals surface area contributed by atoms with Crippen LogP contribution in [0.3, 0.4) is 0 Å². The summed E-state index contributed by atoms with van der Waals surface area (Å²) < 4.78 is 14.0. The molecule has 636 valence electrons. The van der Waals surface area contributed by atoms with Crippen molar-refractivity contribution in [3.05, 3.63) is 425 Å². The Morgan fingerprint density at radius 2 is 0.872 bits per heavy atom. The van der Waals surface area contributed by atoms with Gasteiger partial charge in [0.1, 0.15) is 0 Å². The van der Waals surface area contributed by atoms with Crippen LogP contribution >= 0.6 is 0 Å². The normalized spacial score (nSPS) is 11.4. The summed E-state index contributed by atoms with van der Waals surface area (Å²) in [5.74, 6) is 1.02. The Morgan fingerprint density at radius 3 is 1.36 bits per heavy atom. The second-order valence-electron chi connectivity index (χ2n) is 29.0. The average molecular weight is 2520 g/mol. The van der Waals surface area contributed by atoms with Crippen LogP contribution in [-0.2, 0) is 148 Å². The Balaban J connectivity index is 0.000000139. The van der Waals surface area contributed by atoms with Gasteiger partial charge in [-0.15, -0.1) is 153 Å². The van der Waals surface area contributed by atoms with Crippen molar-refractivity contribution in [1.82, 2.24) is 67.5 Å². The van der Waals surface area contributed by atoms with Gasteiger partial charge in [0.05, 0.1) is 42.3 Å². The minimum absolute atomic E-state index is 0. The van der Waals surface area contributed by atoms with Crippen LogP contribution in [0.5, 0.6) is 0 Å². The van der Waals surface area contributed by atoms with Crippen LogP contribution in [-0.4, -0.2) is 76.7 Å². The fourth-order valence-corrected chi connectivity index (χ4v) is 14.6. The average Bonchev–Trinajstić information content (AvgIpc) is 1.62. The van der Waals surface area contributed by atoms with Crippen molar-refractivity contribution in [1.29, 1.82) is 0 Å². The molecule has 125 heavy (non-hydrogen) atoms. The van der Waals surface area contributed by atoms with Crippen molar-refractivity contribution in [2.45, 2.75) is 33.1 Å². The number of hydrogen-bond donors (Lipinski definition) is 0. The van der Waals surface area contributed by atoms with Gasteiger partial charge in [0, 0.05) is 181 Å². The van der Waals surface area contributed by atoms with Crippen LogP contribution in [0, 0.1) is 69.1 Å². The van der Waals surface area contributed by atoms with Crippen molar-refractivity contribution in [3.8, 4) is 45.0 Å². The summed E-state index contributed by atoms with van der Waals surface area (Å²) in [5.41, 5.74) is 23.8. The fraction of sp³-hybridized carbons (Fsp3) is 0.0980. The van der Waals surface area contributed by atoms with E-state index >= 15 is 0 Å². The monoisotopic (exact) mass is 2520 g/mol. The van der Waals surface area contributed by atoms with Crippen LogP contribution in [0.2, 0.25) is 0 Å². The number of pyridine rings is 1. The first-order valence-electron chi connectivity index (χ1n) is 39.5. The predicted octanol–water partition coefficient (Wildman–Crippen LogP) is 20.3. The third-order valence-corrected chi connectivity index (χ3v) is 20.6. The van der Waals surface area contributed by atoms with E-state index < -0.39 is 0 Å². The maximum Gasteiger partial charge on any atom is 0.0950 e. The van der Waals surface area contributed by atoms with E-state index in [-0.39, 0.29) is 100 Å². The molecule has 2 aliphatic heterocycles. The van der Waals surface area contributed by atoms with E-state index in [0.29, 0.717) is 13.1 Å². The molecule has 0 saturated heterocycles. The quantitative estimate of drug-likeness (QED) is 0.0962. The number of fused-ring (bicyclic) bond motifs is 6. The summed E-state index contributed by atoms with van der Waals surface area (Å²) in [5, 5.41) is 17.4. The number of rotatable bonds is 14. The first-order valence-corrected chi connectivity index (χ1v) is 39.5. The number of para-hydroxylation sites is 8. The second-order valence-corrected chi connectivity index (χ2v) is 29.0. The summed E-state index contributed by atoms with van der Waals surface area (Å²) in [7, 11) is 10.0. The van der Waals surface area contributed by atoms with Gasteiger partial charge < -0.3 is 52.2 Å². The number of hydrogen-bond acceptors (Lipinski definition) is 10. The zero-order chi connectivity index (χ0) is 81.7. The van der Waals surface area contributed by atoms with Gasteiger partial charge in [0.15, 0.2) is 0 Å². The minimum Gasteiger partial charge on any atom is -0.662 e. The molecule has 11 aromatic carbocycles. The van der Waals surface area contributed by atoms with Crippen molar-refractivity contribution >= 4 is 77.7 Å². The van der Waals surface area contributed by atoms with E-state index in [2.05, 4.69) is 299 Å². The largest absolute Gasteiger partial charge is 0.662 e. The molecule has 22 rings (SSSR count). The molecule has 0 unspecified atom stereocenters. The Hall–Kier alpha value is -12.1. The Labute approximate surface area is 796 Å². The van der Waals surface area contributed by atoms with E-state index in [1.54, 1.807) is 11.0 Å². The van der Waals surface area contributed by atoms with E-state index in [9.17, 15) is 0 Å². The van der Waals surface area contributed by atoms with E-state index in [0.717, 1.165) is 125 Å². The number of imidazole rings is 2. The van der Waals surface area contributed by atoms with E-state index in [4.69, 9.17) is 4.98 Å². The van der Waals surface area contributed by atoms with Crippen molar-refractivity contribution in [3.63, 3.8) is 0 Å². The maximum atomic E-state index is 4.87. The van der Waals surface area contributed by atoms with E-state index in [1.165, 1.54) is 39.3 Å². The van der Waals surface area contributed by atoms with Gasteiger partial charge in [-0.05, 0) is 98.2 Å². The molecule has 20 aromatic rings. The second kappa shape index (κ2) is 43.5. The number of anilines is 6. The van der Waals surface area contributed by atoms with Crippen LogP contribution in [0.1, 0.15) is 28.3 Å². The first-order chi connectivity index (χ1) is 58.9. The first kappa shape index (κ1) is 92.1. The molecule has 0 amide bonds. The van der Waals surface area contributed by atoms with Gasteiger partial charge in [0.25, 0.3) is 0 Å². The fourth-order valence-electron chi connectivity index (χ4n) is 14.6. The Bertz CT molecular complexity index is 6340. The van der Waals surface area contributed by atoms with Gasteiger partial charge in [0.2, 0.25) is 0 Å². The topological polar surface area (TPSA) is 139 Å². The minimum atomic E-state index is 0. The molecule has 11 heterocycles. The summed E-state index contributed by atoms with van der Waals surface area (Å²) in [6, 6.07) is 118. The van der Waals surface area contributed by atoms with Crippen LogP contribution in [0.15, 0.2) is 335 Å². The molecule has 0 saturated carbocycles. The zero-order valence-electron chi connectivity index (χ0n) is 69.0. The SMILES string of the molecule is CN1[CH-]N(c2[c-]c(N3[CH-]N(C)c4ccccc43)ccc2)c2ccccc21.Cc1nc(-c2[c-]cccc2)cn1C.Cn1ccc(-c2[c-]cccc2)n1.Cn1cnc(-c2[n-]ccc2-c2ccccc2)c1.[Ir].[Ir].[Ir].[Ir].[Os].[c-]1c(Cn2n[c-]c3ccccc32)cccc1Cn1n[c-]c2ccccc21.[c-]1cn(Cc2cccc(Cn3c[c-]c4ccccc43)n2)c2ccccc12.